The third-order valence-electron chi connectivity index (χ3n) is 7.18. The summed E-state index contributed by atoms with van der Waals surface area (Å²) < 4.78 is 0. The van der Waals surface area contributed by atoms with E-state index in [1.165, 1.54) is 44.2 Å². The molecule has 0 aliphatic heterocycles. The lowest BCUT2D eigenvalue weighted by Crippen LogP contribution is -2.09. The normalized spacial score (nSPS) is 17.2. The first-order valence-corrected chi connectivity index (χ1v) is 11.7. The first kappa shape index (κ1) is 20.0. The fourth-order valence-corrected chi connectivity index (χ4v) is 5.64. The molecule has 1 nitrogen and oxygen atoms in total. The van der Waals surface area contributed by atoms with Crippen molar-refractivity contribution in [1.82, 2.24) is 0 Å². The van der Waals surface area contributed by atoms with Crippen molar-refractivity contribution in [3.05, 3.63) is 143 Å². The summed E-state index contributed by atoms with van der Waals surface area (Å²) in [4.78, 5) is 0. The molecule has 0 saturated heterocycles. The number of aliphatic hydroxyl groups excluding tert-OH is 1. The molecule has 33 heavy (non-hydrogen) atoms. The van der Waals surface area contributed by atoms with Crippen molar-refractivity contribution in [2.24, 2.45) is 0 Å². The number of fused-ring (bicyclic) bond motifs is 2. The van der Waals surface area contributed by atoms with E-state index in [-0.39, 0.29) is 6.61 Å². The molecule has 0 fully saturated rings. The molecule has 0 radical (unpaired) electrons. The Morgan fingerprint density at radius 3 is 2.18 bits per heavy atom. The van der Waals surface area contributed by atoms with Crippen molar-refractivity contribution in [1.29, 1.82) is 0 Å². The first-order chi connectivity index (χ1) is 16.3. The highest BCUT2D eigenvalue weighted by molar-refractivity contribution is 5.99. The molecule has 1 heteroatoms. The maximum Gasteiger partial charge on any atom is 0.0681 e. The van der Waals surface area contributed by atoms with Crippen LogP contribution in [0.5, 0.6) is 0 Å². The van der Waals surface area contributed by atoms with Gasteiger partial charge in [0.2, 0.25) is 0 Å². The smallest absolute Gasteiger partial charge is 0.0681 e. The third kappa shape index (κ3) is 3.46. The van der Waals surface area contributed by atoms with Crippen molar-refractivity contribution in [2.45, 2.75) is 24.9 Å². The van der Waals surface area contributed by atoms with Crippen LogP contribution in [0.1, 0.15) is 39.7 Å². The average molecular weight is 427 g/mol. The standard InChI is InChI=1S/C32H26O/c33-21-22-14-16-25(17-15-22)31-27-12-6-4-10-24(27)18-19-29(31)32-28-13-7-5-11-26(28)20-30(32)23-8-2-1-3-9-23/h1-19,30,32-33H,20-21H2. The van der Waals surface area contributed by atoms with Gasteiger partial charge in [0.15, 0.2) is 0 Å². The van der Waals surface area contributed by atoms with Crippen molar-refractivity contribution in [2.75, 3.05) is 0 Å². The Labute approximate surface area is 195 Å². The average Bonchev–Trinajstić information content (AvgIpc) is 3.28. The summed E-state index contributed by atoms with van der Waals surface area (Å²) in [6.07, 6.45) is 1.06. The van der Waals surface area contributed by atoms with E-state index in [2.05, 4.69) is 103 Å². The zero-order valence-electron chi connectivity index (χ0n) is 18.5. The lowest BCUT2D eigenvalue weighted by Gasteiger charge is -2.25. The quantitative estimate of drug-likeness (QED) is 0.316. The highest BCUT2D eigenvalue weighted by Crippen LogP contribution is 2.51. The predicted molar refractivity (Wildman–Crippen MR) is 136 cm³/mol. The Kier molecular flexibility index (Phi) is 5.05. The molecular weight excluding hydrogens is 400 g/mol. The maximum absolute atomic E-state index is 9.57. The zero-order chi connectivity index (χ0) is 22.2. The minimum atomic E-state index is 0.0642. The summed E-state index contributed by atoms with van der Waals surface area (Å²) >= 11 is 0. The number of hydrogen-bond acceptors (Lipinski definition) is 1. The number of hydrogen-bond donors (Lipinski definition) is 1. The minimum absolute atomic E-state index is 0.0642. The Hall–Kier alpha value is -3.68. The van der Waals surface area contributed by atoms with Gasteiger partial charge in [-0.25, -0.2) is 0 Å². The van der Waals surface area contributed by atoms with Crippen molar-refractivity contribution in [3.63, 3.8) is 0 Å². The van der Waals surface area contributed by atoms with Gasteiger partial charge in [-0.15, -0.1) is 0 Å². The molecule has 0 spiro atoms. The Bertz CT molecular complexity index is 1420. The largest absolute Gasteiger partial charge is 0.392 e. The Morgan fingerprint density at radius 2 is 1.36 bits per heavy atom. The van der Waals surface area contributed by atoms with Gasteiger partial charge in [0.1, 0.15) is 0 Å². The van der Waals surface area contributed by atoms with Crippen molar-refractivity contribution in [3.8, 4) is 11.1 Å². The van der Waals surface area contributed by atoms with Crippen LogP contribution in [-0.4, -0.2) is 5.11 Å². The molecule has 1 aliphatic carbocycles. The van der Waals surface area contributed by atoms with E-state index in [0.717, 1.165) is 12.0 Å². The van der Waals surface area contributed by atoms with Gasteiger partial charge in [-0.1, -0.05) is 115 Å². The number of aliphatic hydroxyl groups is 1. The molecule has 1 aliphatic rings. The fraction of sp³-hybridized carbons (Fsp3) is 0.125. The lowest BCUT2D eigenvalue weighted by molar-refractivity contribution is 0.282. The second-order valence-electron chi connectivity index (χ2n) is 9.00. The van der Waals surface area contributed by atoms with Crippen LogP contribution in [0.25, 0.3) is 21.9 Å². The van der Waals surface area contributed by atoms with Crippen LogP contribution in [-0.2, 0) is 13.0 Å². The van der Waals surface area contributed by atoms with Gasteiger partial charge in [0.25, 0.3) is 0 Å². The minimum Gasteiger partial charge on any atom is -0.392 e. The molecule has 0 bridgehead atoms. The fourth-order valence-electron chi connectivity index (χ4n) is 5.64. The summed E-state index contributed by atoms with van der Waals surface area (Å²) in [5, 5.41) is 12.1. The number of benzene rings is 5. The van der Waals surface area contributed by atoms with E-state index in [1.54, 1.807) is 0 Å². The van der Waals surface area contributed by atoms with Gasteiger partial charge < -0.3 is 5.11 Å². The Morgan fingerprint density at radius 1 is 0.636 bits per heavy atom. The predicted octanol–water partition coefficient (Wildman–Crippen LogP) is 7.47. The molecule has 5 aromatic carbocycles. The summed E-state index contributed by atoms with van der Waals surface area (Å²) in [5.41, 5.74) is 9.11. The monoisotopic (exact) mass is 426 g/mol. The molecule has 2 unspecified atom stereocenters. The van der Waals surface area contributed by atoms with E-state index >= 15 is 0 Å². The second-order valence-corrected chi connectivity index (χ2v) is 9.00. The molecule has 5 aromatic rings. The number of rotatable bonds is 4. The lowest BCUT2D eigenvalue weighted by atomic mass is 9.77. The summed E-state index contributed by atoms with van der Waals surface area (Å²) in [6.45, 7) is 0.0642. The molecule has 0 amide bonds. The van der Waals surface area contributed by atoms with E-state index in [4.69, 9.17) is 0 Å². The van der Waals surface area contributed by atoms with E-state index in [0.29, 0.717) is 11.8 Å². The van der Waals surface area contributed by atoms with Crippen LogP contribution in [0.4, 0.5) is 0 Å². The molecule has 1 N–H and O–H groups in total. The van der Waals surface area contributed by atoms with Gasteiger partial charge in [-0.05, 0) is 62.1 Å². The summed E-state index contributed by atoms with van der Waals surface area (Å²) in [6, 6.07) is 41.6. The first-order valence-electron chi connectivity index (χ1n) is 11.7. The molecule has 2 atom stereocenters. The van der Waals surface area contributed by atoms with Crippen LogP contribution < -0.4 is 0 Å². The van der Waals surface area contributed by atoms with Gasteiger partial charge in [0, 0.05) is 5.92 Å². The third-order valence-corrected chi connectivity index (χ3v) is 7.18. The molecule has 160 valence electrons. The molecule has 6 rings (SSSR count). The van der Waals surface area contributed by atoms with Gasteiger partial charge in [-0.3, -0.25) is 0 Å². The zero-order valence-corrected chi connectivity index (χ0v) is 18.5. The molecular formula is C32H26O. The molecule has 0 aromatic heterocycles. The molecule has 0 saturated carbocycles. The van der Waals surface area contributed by atoms with Gasteiger partial charge >= 0.3 is 0 Å². The van der Waals surface area contributed by atoms with Crippen LogP contribution >= 0.6 is 0 Å². The molecule has 0 heterocycles. The van der Waals surface area contributed by atoms with Gasteiger partial charge in [0.05, 0.1) is 6.61 Å². The maximum atomic E-state index is 9.57. The van der Waals surface area contributed by atoms with E-state index < -0.39 is 0 Å². The van der Waals surface area contributed by atoms with Crippen LogP contribution in [0.3, 0.4) is 0 Å². The van der Waals surface area contributed by atoms with E-state index in [9.17, 15) is 5.11 Å². The van der Waals surface area contributed by atoms with Crippen molar-refractivity contribution >= 4 is 10.8 Å². The summed E-state index contributed by atoms with van der Waals surface area (Å²) in [5.74, 6) is 0.695. The highest BCUT2D eigenvalue weighted by atomic mass is 16.3. The summed E-state index contributed by atoms with van der Waals surface area (Å²) in [7, 11) is 0. The van der Waals surface area contributed by atoms with Crippen molar-refractivity contribution < 1.29 is 5.11 Å². The van der Waals surface area contributed by atoms with Gasteiger partial charge in [-0.2, -0.15) is 0 Å². The van der Waals surface area contributed by atoms with E-state index in [1.807, 2.05) is 12.1 Å². The van der Waals surface area contributed by atoms with Crippen LogP contribution in [0.2, 0.25) is 0 Å². The second kappa shape index (κ2) is 8.35. The highest BCUT2D eigenvalue weighted by Gasteiger charge is 2.36. The topological polar surface area (TPSA) is 20.2 Å². The van der Waals surface area contributed by atoms with Crippen LogP contribution in [0, 0.1) is 0 Å². The SMILES string of the molecule is OCc1ccc(-c2c(C3c4ccccc4CC3c3ccccc3)ccc3ccccc23)cc1. The Balaban J connectivity index is 1.62. The van der Waals surface area contributed by atoms with Crippen LogP contribution in [0.15, 0.2) is 115 Å².